The molecule has 28 heavy (non-hydrogen) atoms. The summed E-state index contributed by atoms with van der Waals surface area (Å²) in [5, 5.41) is 0. The van der Waals surface area contributed by atoms with Gasteiger partial charge >= 0.3 is 0 Å². The highest BCUT2D eigenvalue weighted by atomic mass is 19.1. The van der Waals surface area contributed by atoms with Gasteiger partial charge in [0.1, 0.15) is 5.82 Å². The molecule has 1 unspecified atom stereocenters. The Hall–Kier alpha value is -2.66. The van der Waals surface area contributed by atoms with Crippen LogP contribution in [0.4, 0.5) is 4.39 Å². The first kappa shape index (κ1) is 21.6. The number of aryl methyl sites for hydroxylation is 3. The molecule has 1 atom stereocenters. The number of nitrogens with zero attached hydrogens (tertiary/aromatic N) is 1. The topological polar surface area (TPSA) is 12.9 Å². The van der Waals surface area contributed by atoms with Crippen LogP contribution in [0.5, 0.6) is 0 Å². The molecule has 1 nitrogen and oxygen atoms in total. The highest BCUT2D eigenvalue weighted by Gasteiger charge is 2.10. The molecule has 1 aliphatic carbocycles. The van der Waals surface area contributed by atoms with Crippen molar-refractivity contribution in [1.82, 2.24) is 4.98 Å². The third-order valence-corrected chi connectivity index (χ3v) is 5.30. The SMILES string of the molecule is C#CC(C)C1=CC=C(CC)CC1.Cc1cc(-c2ncccc2C)c(C)cc1F. The van der Waals surface area contributed by atoms with E-state index in [1.54, 1.807) is 24.8 Å². The Kier molecular flexibility index (Phi) is 7.76. The number of terminal acetylenes is 1. The lowest BCUT2D eigenvalue weighted by Gasteiger charge is -2.15. The first-order valence-electron chi connectivity index (χ1n) is 9.90. The molecule has 2 heteroatoms. The molecule has 1 heterocycles. The smallest absolute Gasteiger partial charge is 0.126 e. The Morgan fingerprint density at radius 2 is 1.86 bits per heavy atom. The van der Waals surface area contributed by atoms with Crippen LogP contribution < -0.4 is 0 Å². The van der Waals surface area contributed by atoms with E-state index in [9.17, 15) is 4.39 Å². The number of hydrogen-bond acceptors (Lipinski definition) is 1. The van der Waals surface area contributed by atoms with Crippen molar-refractivity contribution in [1.29, 1.82) is 0 Å². The molecular weight excluding hydrogens is 345 g/mol. The van der Waals surface area contributed by atoms with Crippen molar-refractivity contribution in [2.75, 3.05) is 0 Å². The van der Waals surface area contributed by atoms with Crippen molar-refractivity contribution < 1.29 is 4.39 Å². The zero-order valence-corrected chi connectivity index (χ0v) is 17.6. The van der Waals surface area contributed by atoms with E-state index < -0.39 is 0 Å². The van der Waals surface area contributed by atoms with Crippen LogP contribution in [-0.2, 0) is 0 Å². The van der Waals surface area contributed by atoms with Gasteiger partial charge in [-0.25, -0.2) is 4.39 Å². The average Bonchev–Trinajstić information content (AvgIpc) is 2.71. The highest BCUT2D eigenvalue weighted by Crippen LogP contribution is 2.27. The van der Waals surface area contributed by atoms with E-state index in [0.717, 1.165) is 28.8 Å². The van der Waals surface area contributed by atoms with E-state index >= 15 is 0 Å². The van der Waals surface area contributed by atoms with E-state index in [2.05, 4.69) is 36.9 Å². The van der Waals surface area contributed by atoms with Gasteiger partial charge in [-0.15, -0.1) is 6.42 Å². The van der Waals surface area contributed by atoms with Crippen LogP contribution in [0, 0.1) is 44.9 Å². The minimum Gasteiger partial charge on any atom is -0.256 e. The lowest BCUT2D eigenvalue weighted by molar-refractivity contribution is 0.617. The van der Waals surface area contributed by atoms with Crippen LogP contribution in [0.3, 0.4) is 0 Å². The molecule has 0 N–H and O–H groups in total. The minimum atomic E-state index is -0.158. The zero-order chi connectivity index (χ0) is 20.7. The number of allylic oxidation sites excluding steroid dienone is 4. The largest absolute Gasteiger partial charge is 0.256 e. The fourth-order valence-electron chi connectivity index (χ4n) is 3.26. The van der Waals surface area contributed by atoms with Crippen LogP contribution in [0.2, 0.25) is 0 Å². The monoisotopic (exact) mass is 375 g/mol. The van der Waals surface area contributed by atoms with Crippen LogP contribution in [-0.4, -0.2) is 4.98 Å². The summed E-state index contributed by atoms with van der Waals surface area (Å²) in [5.41, 5.74) is 7.59. The Bertz CT molecular complexity index is 928. The molecule has 1 aromatic carbocycles. The zero-order valence-electron chi connectivity index (χ0n) is 17.6. The summed E-state index contributed by atoms with van der Waals surface area (Å²) >= 11 is 0. The molecule has 146 valence electrons. The van der Waals surface area contributed by atoms with Crippen molar-refractivity contribution in [2.24, 2.45) is 5.92 Å². The molecule has 0 spiro atoms. The maximum absolute atomic E-state index is 13.4. The van der Waals surface area contributed by atoms with Crippen LogP contribution in [0.15, 0.2) is 53.8 Å². The second-order valence-electron chi connectivity index (χ2n) is 7.39. The molecule has 2 aromatic rings. The molecule has 3 rings (SSSR count). The van der Waals surface area contributed by atoms with E-state index in [1.807, 2.05) is 32.0 Å². The van der Waals surface area contributed by atoms with Crippen molar-refractivity contribution in [3.05, 3.63) is 76.3 Å². The third-order valence-electron chi connectivity index (χ3n) is 5.30. The number of halogens is 1. The predicted molar refractivity (Wildman–Crippen MR) is 118 cm³/mol. The lowest BCUT2D eigenvalue weighted by atomic mass is 9.90. The Labute approximate surface area is 169 Å². The van der Waals surface area contributed by atoms with Gasteiger partial charge in [0.2, 0.25) is 0 Å². The molecule has 0 aliphatic heterocycles. The van der Waals surface area contributed by atoms with Crippen molar-refractivity contribution in [3.8, 4) is 23.6 Å². The normalized spacial score (nSPS) is 14.2. The first-order chi connectivity index (χ1) is 13.4. The maximum atomic E-state index is 13.4. The number of aromatic nitrogens is 1. The van der Waals surface area contributed by atoms with Gasteiger partial charge in [-0.3, -0.25) is 4.98 Å². The molecule has 1 aromatic heterocycles. The third kappa shape index (κ3) is 5.42. The molecule has 0 fully saturated rings. The van der Waals surface area contributed by atoms with Crippen LogP contribution >= 0.6 is 0 Å². The van der Waals surface area contributed by atoms with Gasteiger partial charge in [0.25, 0.3) is 0 Å². The summed E-state index contributed by atoms with van der Waals surface area (Å²) in [6.45, 7) is 9.99. The highest BCUT2D eigenvalue weighted by molar-refractivity contribution is 5.67. The van der Waals surface area contributed by atoms with Gasteiger partial charge in [0.15, 0.2) is 0 Å². The molecule has 0 saturated carbocycles. The van der Waals surface area contributed by atoms with Gasteiger partial charge in [-0.1, -0.05) is 42.2 Å². The second-order valence-corrected chi connectivity index (χ2v) is 7.39. The summed E-state index contributed by atoms with van der Waals surface area (Å²) in [6.07, 6.45) is 15.1. The summed E-state index contributed by atoms with van der Waals surface area (Å²) in [6, 6.07) is 7.35. The number of rotatable bonds is 3. The van der Waals surface area contributed by atoms with Crippen molar-refractivity contribution in [2.45, 2.75) is 53.9 Å². The Morgan fingerprint density at radius 1 is 1.11 bits per heavy atom. The summed E-state index contributed by atoms with van der Waals surface area (Å²) in [4.78, 5) is 4.36. The summed E-state index contributed by atoms with van der Waals surface area (Å²) in [5.74, 6) is 2.93. The van der Waals surface area contributed by atoms with Gasteiger partial charge in [-0.05, 0) is 81.8 Å². The Morgan fingerprint density at radius 3 is 2.43 bits per heavy atom. The van der Waals surface area contributed by atoms with E-state index in [0.29, 0.717) is 11.5 Å². The predicted octanol–water partition coefficient (Wildman–Crippen LogP) is 7.13. The Balaban J connectivity index is 0.000000209. The fourth-order valence-corrected chi connectivity index (χ4v) is 3.26. The molecule has 1 aliphatic rings. The number of benzene rings is 1. The fraction of sp³-hybridized carbons (Fsp3) is 0.346. The van der Waals surface area contributed by atoms with E-state index in [4.69, 9.17) is 6.42 Å². The van der Waals surface area contributed by atoms with Crippen molar-refractivity contribution >= 4 is 0 Å². The number of pyridine rings is 1. The van der Waals surface area contributed by atoms with E-state index in [1.165, 1.54) is 18.4 Å². The first-order valence-corrected chi connectivity index (χ1v) is 9.90. The summed E-state index contributed by atoms with van der Waals surface area (Å²) < 4.78 is 13.4. The average molecular weight is 376 g/mol. The van der Waals surface area contributed by atoms with Crippen LogP contribution in [0.1, 0.15) is 49.8 Å². The van der Waals surface area contributed by atoms with Gasteiger partial charge < -0.3 is 0 Å². The lowest BCUT2D eigenvalue weighted by Crippen LogP contribution is -2.00. The van der Waals surface area contributed by atoms with Gasteiger partial charge in [-0.2, -0.15) is 0 Å². The standard InChI is InChI=1S/C14H14FN.C12H16/c1-9-5-4-6-16-14(9)12-7-11(3)13(15)8-10(12)2;1-4-10(3)12-8-6-11(5-2)7-9-12/h4-8H,1-3H3;1,6,8,10H,5,7,9H2,2-3H3. The summed E-state index contributed by atoms with van der Waals surface area (Å²) in [7, 11) is 0. The van der Waals surface area contributed by atoms with Gasteiger partial charge in [0.05, 0.1) is 5.69 Å². The molecular formula is C26H30FN. The molecule has 0 amide bonds. The maximum Gasteiger partial charge on any atom is 0.126 e. The quantitative estimate of drug-likeness (QED) is 0.520. The van der Waals surface area contributed by atoms with E-state index in [-0.39, 0.29) is 5.82 Å². The molecule has 0 radical (unpaired) electrons. The minimum absolute atomic E-state index is 0.158. The van der Waals surface area contributed by atoms with Crippen LogP contribution in [0.25, 0.3) is 11.3 Å². The number of hydrogen-bond donors (Lipinski definition) is 0. The van der Waals surface area contributed by atoms with Gasteiger partial charge in [0, 0.05) is 17.7 Å². The molecule has 0 bridgehead atoms. The van der Waals surface area contributed by atoms with Crippen molar-refractivity contribution in [3.63, 3.8) is 0 Å². The molecule has 0 saturated heterocycles. The second kappa shape index (κ2) is 10.0.